The van der Waals surface area contributed by atoms with E-state index in [1.807, 2.05) is 30.3 Å². The van der Waals surface area contributed by atoms with Crippen molar-refractivity contribution in [1.82, 2.24) is 5.32 Å². The number of nitrogens with one attached hydrogen (secondary N) is 1. The Labute approximate surface area is 150 Å². The van der Waals surface area contributed by atoms with Gasteiger partial charge in [-0.15, -0.1) is 0 Å². The normalized spacial score (nSPS) is 9.75. The number of hydrogen-bond donors (Lipinski definition) is 2. The van der Waals surface area contributed by atoms with Gasteiger partial charge in [0.2, 0.25) is 0 Å². The number of nitrogen functional groups attached to an aromatic ring is 1. The Hall–Kier alpha value is -2.35. The third-order valence-corrected chi connectivity index (χ3v) is 3.58. The summed E-state index contributed by atoms with van der Waals surface area (Å²) in [5.74, 6) is 5.80. The molecule has 2 aromatic rings. The Morgan fingerprint density at radius 3 is 2.71 bits per heavy atom. The lowest BCUT2D eigenvalue weighted by molar-refractivity contribution is 0.140. The van der Waals surface area contributed by atoms with Gasteiger partial charge in [0.15, 0.2) is 0 Å². The highest BCUT2D eigenvalue weighted by atomic mass is 35.5. The van der Waals surface area contributed by atoms with Crippen molar-refractivity contribution < 1.29 is 9.53 Å². The molecule has 124 valence electrons. The fourth-order valence-electron chi connectivity index (χ4n) is 1.85. The lowest BCUT2D eigenvalue weighted by atomic mass is 10.2. The minimum atomic E-state index is -0.481. The van der Waals surface area contributed by atoms with Crippen LogP contribution in [0.2, 0.25) is 10.0 Å². The number of benzene rings is 2. The molecule has 0 heterocycles. The number of rotatable bonds is 4. The summed E-state index contributed by atoms with van der Waals surface area (Å²) in [6.07, 6.45) is -0.0322. The third kappa shape index (κ3) is 5.69. The molecular formula is C18H16Cl2N2O2. The van der Waals surface area contributed by atoms with Crippen molar-refractivity contribution in [2.75, 3.05) is 12.3 Å². The molecule has 1 amide bonds. The van der Waals surface area contributed by atoms with Crippen LogP contribution in [0.25, 0.3) is 0 Å². The van der Waals surface area contributed by atoms with Crippen LogP contribution in [0.5, 0.6) is 0 Å². The summed E-state index contributed by atoms with van der Waals surface area (Å²) in [6.45, 7) is 0.602. The van der Waals surface area contributed by atoms with E-state index in [0.717, 1.165) is 5.56 Å². The molecule has 0 fully saturated rings. The van der Waals surface area contributed by atoms with E-state index in [9.17, 15) is 4.79 Å². The molecule has 0 spiro atoms. The Balaban J connectivity index is 1.74. The zero-order valence-corrected chi connectivity index (χ0v) is 14.3. The van der Waals surface area contributed by atoms with E-state index in [1.165, 1.54) is 0 Å². The first-order valence-corrected chi connectivity index (χ1v) is 8.00. The van der Waals surface area contributed by atoms with Crippen molar-refractivity contribution in [2.45, 2.75) is 13.0 Å². The van der Waals surface area contributed by atoms with Crippen LogP contribution in [0, 0.1) is 11.8 Å². The quantitative estimate of drug-likeness (QED) is 0.485. The SMILES string of the molecule is Nc1c(Cl)cc(Cl)cc1C#CCCNC(=O)OCc1ccccc1. The van der Waals surface area contributed by atoms with E-state index in [4.69, 9.17) is 33.7 Å². The third-order valence-electron chi connectivity index (χ3n) is 3.05. The molecule has 0 aliphatic rings. The van der Waals surface area contributed by atoms with Crippen LogP contribution in [-0.4, -0.2) is 12.6 Å². The van der Waals surface area contributed by atoms with Crippen LogP contribution in [0.1, 0.15) is 17.5 Å². The largest absolute Gasteiger partial charge is 0.445 e. The molecule has 0 radical (unpaired) electrons. The first-order valence-electron chi connectivity index (χ1n) is 7.24. The van der Waals surface area contributed by atoms with Gasteiger partial charge in [-0.05, 0) is 17.7 Å². The molecule has 24 heavy (non-hydrogen) atoms. The number of halogens is 2. The van der Waals surface area contributed by atoms with Crippen molar-refractivity contribution in [2.24, 2.45) is 0 Å². The number of nitrogens with two attached hydrogens (primary N) is 1. The highest BCUT2D eigenvalue weighted by molar-refractivity contribution is 6.36. The number of alkyl carbamates (subject to hydrolysis) is 1. The average Bonchev–Trinajstić information content (AvgIpc) is 2.57. The number of ether oxygens (including phenoxy) is 1. The van der Waals surface area contributed by atoms with E-state index in [0.29, 0.717) is 34.3 Å². The van der Waals surface area contributed by atoms with Crippen LogP contribution in [0.3, 0.4) is 0 Å². The molecule has 4 nitrogen and oxygen atoms in total. The zero-order valence-electron chi connectivity index (χ0n) is 12.8. The fourth-order valence-corrected chi connectivity index (χ4v) is 2.34. The van der Waals surface area contributed by atoms with Gasteiger partial charge in [0.25, 0.3) is 0 Å². The molecular weight excluding hydrogens is 347 g/mol. The Kier molecular flexibility index (Phi) is 6.80. The Morgan fingerprint density at radius 2 is 1.96 bits per heavy atom. The molecule has 0 saturated carbocycles. The monoisotopic (exact) mass is 362 g/mol. The molecule has 3 N–H and O–H groups in total. The topological polar surface area (TPSA) is 64.3 Å². The van der Waals surface area contributed by atoms with Gasteiger partial charge < -0.3 is 15.8 Å². The van der Waals surface area contributed by atoms with Gasteiger partial charge in [-0.2, -0.15) is 0 Å². The molecule has 0 aromatic heterocycles. The summed E-state index contributed by atoms with van der Waals surface area (Å²) in [5.41, 5.74) is 7.72. The van der Waals surface area contributed by atoms with Gasteiger partial charge in [0, 0.05) is 18.0 Å². The van der Waals surface area contributed by atoms with Gasteiger partial charge in [-0.25, -0.2) is 4.79 Å². The van der Waals surface area contributed by atoms with Crippen molar-refractivity contribution in [3.05, 3.63) is 63.6 Å². The van der Waals surface area contributed by atoms with E-state index >= 15 is 0 Å². The summed E-state index contributed by atoms with van der Waals surface area (Å²) in [5, 5.41) is 3.47. The predicted molar refractivity (Wildman–Crippen MR) is 97.0 cm³/mol. The lowest BCUT2D eigenvalue weighted by Gasteiger charge is -2.05. The molecule has 6 heteroatoms. The maximum Gasteiger partial charge on any atom is 0.407 e. The van der Waals surface area contributed by atoms with Crippen molar-refractivity contribution in [1.29, 1.82) is 0 Å². The minimum Gasteiger partial charge on any atom is -0.445 e. The van der Waals surface area contributed by atoms with Gasteiger partial charge in [-0.3, -0.25) is 0 Å². The van der Waals surface area contributed by atoms with Gasteiger partial charge in [0.05, 0.1) is 16.3 Å². The molecule has 2 rings (SSSR count). The van der Waals surface area contributed by atoms with Crippen LogP contribution in [0.15, 0.2) is 42.5 Å². The standard InChI is InChI=1S/C18H16Cl2N2O2/c19-15-10-14(17(21)16(20)11-15)8-4-5-9-22-18(23)24-12-13-6-2-1-3-7-13/h1-3,6-7,10-11H,5,9,12,21H2,(H,22,23). The van der Waals surface area contributed by atoms with Crippen molar-refractivity contribution >= 4 is 35.0 Å². The highest BCUT2D eigenvalue weighted by Gasteiger charge is 2.03. The Bertz CT molecular complexity index is 768. The molecule has 0 bridgehead atoms. The number of amides is 1. The first kappa shape index (κ1) is 18.0. The van der Waals surface area contributed by atoms with Crippen LogP contribution in [-0.2, 0) is 11.3 Å². The second-order valence-electron chi connectivity index (χ2n) is 4.89. The molecule has 2 aromatic carbocycles. The van der Waals surface area contributed by atoms with Crippen LogP contribution < -0.4 is 11.1 Å². The van der Waals surface area contributed by atoms with Gasteiger partial charge >= 0.3 is 6.09 Å². The smallest absolute Gasteiger partial charge is 0.407 e. The average molecular weight is 363 g/mol. The van der Waals surface area contributed by atoms with E-state index in [-0.39, 0.29) is 6.61 Å². The molecule has 0 aliphatic carbocycles. The van der Waals surface area contributed by atoms with Gasteiger partial charge in [0.1, 0.15) is 6.61 Å². The van der Waals surface area contributed by atoms with Crippen LogP contribution in [0.4, 0.5) is 10.5 Å². The number of carbonyl (C=O) groups excluding carboxylic acids is 1. The summed E-state index contributed by atoms with van der Waals surface area (Å²) in [7, 11) is 0. The first-order chi connectivity index (χ1) is 11.6. The molecule has 0 saturated heterocycles. The summed E-state index contributed by atoms with van der Waals surface area (Å²) < 4.78 is 5.09. The summed E-state index contributed by atoms with van der Waals surface area (Å²) in [6, 6.07) is 12.7. The summed E-state index contributed by atoms with van der Waals surface area (Å²) >= 11 is 11.8. The van der Waals surface area contributed by atoms with E-state index in [1.54, 1.807) is 12.1 Å². The van der Waals surface area contributed by atoms with Crippen LogP contribution >= 0.6 is 23.2 Å². The van der Waals surface area contributed by atoms with Gasteiger partial charge in [-0.1, -0.05) is 65.4 Å². The number of hydrogen-bond acceptors (Lipinski definition) is 3. The molecule has 0 atom stereocenters. The number of carbonyl (C=O) groups is 1. The Morgan fingerprint density at radius 1 is 1.21 bits per heavy atom. The summed E-state index contributed by atoms with van der Waals surface area (Å²) in [4.78, 5) is 11.6. The maximum absolute atomic E-state index is 11.6. The molecule has 0 aliphatic heterocycles. The minimum absolute atomic E-state index is 0.232. The fraction of sp³-hybridized carbons (Fsp3) is 0.167. The lowest BCUT2D eigenvalue weighted by Crippen LogP contribution is -2.24. The van der Waals surface area contributed by atoms with Crippen molar-refractivity contribution in [3.8, 4) is 11.8 Å². The predicted octanol–water partition coefficient (Wildman–Crippen LogP) is 4.24. The van der Waals surface area contributed by atoms with E-state index < -0.39 is 6.09 Å². The van der Waals surface area contributed by atoms with E-state index in [2.05, 4.69) is 17.2 Å². The second kappa shape index (κ2) is 9.07. The van der Waals surface area contributed by atoms with Crippen molar-refractivity contribution in [3.63, 3.8) is 0 Å². The zero-order chi connectivity index (χ0) is 17.4. The highest BCUT2D eigenvalue weighted by Crippen LogP contribution is 2.26. The second-order valence-corrected chi connectivity index (χ2v) is 5.73. The molecule has 0 unspecified atom stereocenters. The number of anilines is 1. The maximum atomic E-state index is 11.6.